The van der Waals surface area contributed by atoms with Crippen LogP contribution < -0.4 is 0 Å². The van der Waals surface area contributed by atoms with Crippen molar-refractivity contribution in [3.63, 3.8) is 0 Å². The van der Waals surface area contributed by atoms with Gasteiger partial charge in [0.2, 0.25) is 0 Å². The Morgan fingerprint density at radius 2 is 2.20 bits per heavy atom. The number of rotatable bonds is 5. The zero-order valence-electron chi connectivity index (χ0n) is 10.7. The Balaban J connectivity index is 2.37. The van der Waals surface area contributed by atoms with Crippen molar-refractivity contribution in [1.29, 1.82) is 0 Å². The number of methoxy groups -OCH3 is 1. The Kier molecular flexibility index (Phi) is 4.85. The van der Waals surface area contributed by atoms with Crippen molar-refractivity contribution in [2.45, 2.75) is 12.6 Å². The van der Waals surface area contributed by atoms with Gasteiger partial charge in [-0.2, -0.15) is 5.10 Å². The Morgan fingerprint density at radius 3 is 2.85 bits per heavy atom. The molecule has 2 rings (SSSR count). The smallest absolute Gasteiger partial charge is 0.132 e. The molecule has 2 aromatic rings. The van der Waals surface area contributed by atoms with E-state index in [-0.39, 0.29) is 5.56 Å². The van der Waals surface area contributed by atoms with Crippen LogP contribution in [0.1, 0.15) is 17.4 Å². The zero-order valence-corrected chi connectivity index (χ0v) is 12.3. The fourth-order valence-corrected chi connectivity index (χ4v) is 2.38. The summed E-state index contributed by atoms with van der Waals surface area (Å²) in [6, 6.07) is 3.06. The summed E-state index contributed by atoms with van der Waals surface area (Å²) in [5, 5.41) is 14.4. The highest BCUT2D eigenvalue weighted by Crippen LogP contribution is 2.30. The van der Waals surface area contributed by atoms with E-state index < -0.39 is 17.7 Å². The minimum atomic E-state index is -1.25. The second-order valence-electron chi connectivity index (χ2n) is 4.16. The Morgan fingerprint density at radius 1 is 1.45 bits per heavy atom. The van der Waals surface area contributed by atoms with Crippen LogP contribution in [0.5, 0.6) is 0 Å². The number of benzene rings is 1. The predicted molar refractivity (Wildman–Crippen MR) is 72.2 cm³/mol. The van der Waals surface area contributed by atoms with Gasteiger partial charge in [-0.25, -0.2) is 8.78 Å². The van der Waals surface area contributed by atoms with E-state index in [0.717, 1.165) is 12.1 Å². The topological polar surface area (TPSA) is 47.3 Å². The van der Waals surface area contributed by atoms with Gasteiger partial charge in [-0.05, 0) is 22.0 Å². The summed E-state index contributed by atoms with van der Waals surface area (Å²) in [4.78, 5) is 0. The molecule has 0 radical (unpaired) electrons. The number of hydrogen-bond donors (Lipinski definition) is 1. The van der Waals surface area contributed by atoms with E-state index in [4.69, 9.17) is 4.74 Å². The van der Waals surface area contributed by atoms with Crippen LogP contribution in [0.15, 0.2) is 28.9 Å². The molecule has 0 fully saturated rings. The number of aliphatic hydroxyl groups is 1. The molecule has 1 N–H and O–H groups in total. The van der Waals surface area contributed by atoms with E-state index in [0.29, 0.717) is 23.3 Å². The largest absolute Gasteiger partial charge is 0.383 e. The van der Waals surface area contributed by atoms with Crippen molar-refractivity contribution in [3.05, 3.63) is 51.8 Å². The predicted octanol–water partition coefficient (Wildman–Crippen LogP) is 2.65. The van der Waals surface area contributed by atoms with Gasteiger partial charge < -0.3 is 9.84 Å². The average Bonchev–Trinajstić information content (AvgIpc) is 2.77. The first-order valence-electron chi connectivity index (χ1n) is 5.87. The van der Waals surface area contributed by atoms with E-state index in [1.54, 1.807) is 7.11 Å². The molecule has 0 aliphatic carbocycles. The molecule has 0 aliphatic rings. The number of aromatic nitrogens is 2. The number of aliphatic hydroxyl groups excluding tert-OH is 1. The lowest BCUT2D eigenvalue weighted by Gasteiger charge is -2.15. The minimum Gasteiger partial charge on any atom is -0.383 e. The third kappa shape index (κ3) is 3.05. The normalized spacial score (nSPS) is 12.7. The lowest BCUT2D eigenvalue weighted by atomic mass is 10.1. The van der Waals surface area contributed by atoms with Gasteiger partial charge in [0.15, 0.2) is 0 Å². The van der Waals surface area contributed by atoms with Gasteiger partial charge in [-0.15, -0.1) is 0 Å². The highest BCUT2D eigenvalue weighted by molar-refractivity contribution is 9.10. The van der Waals surface area contributed by atoms with E-state index in [1.165, 1.54) is 16.9 Å². The quantitative estimate of drug-likeness (QED) is 0.905. The first-order chi connectivity index (χ1) is 9.54. The molecule has 1 aromatic carbocycles. The maximum absolute atomic E-state index is 13.7. The van der Waals surface area contributed by atoms with Crippen molar-refractivity contribution >= 4 is 15.9 Å². The van der Waals surface area contributed by atoms with Crippen LogP contribution in [0.3, 0.4) is 0 Å². The number of nitrogens with zero attached hydrogens (tertiary/aromatic N) is 2. The van der Waals surface area contributed by atoms with Gasteiger partial charge in [0, 0.05) is 18.7 Å². The molecule has 4 nitrogen and oxygen atoms in total. The lowest BCUT2D eigenvalue weighted by molar-refractivity contribution is 0.169. The van der Waals surface area contributed by atoms with Gasteiger partial charge in [0.1, 0.15) is 17.7 Å². The number of hydrogen-bond acceptors (Lipinski definition) is 3. The van der Waals surface area contributed by atoms with E-state index in [1.807, 2.05) is 0 Å². The first kappa shape index (κ1) is 15.1. The van der Waals surface area contributed by atoms with Gasteiger partial charge in [-0.3, -0.25) is 4.68 Å². The molecule has 0 saturated heterocycles. The highest BCUT2D eigenvalue weighted by Gasteiger charge is 2.22. The molecular formula is C13H13BrF2N2O2. The number of ether oxygens (including phenoxy) is 1. The minimum absolute atomic E-state index is 0.00809. The summed E-state index contributed by atoms with van der Waals surface area (Å²) in [7, 11) is 1.55. The molecule has 0 aliphatic heterocycles. The van der Waals surface area contributed by atoms with Gasteiger partial charge in [-0.1, -0.05) is 6.07 Å². The van der Waals surface area contributed by atoms with E-state index >= 15 is 0 Å². The SMILES string of the molecule is COCCn1ncc(Br)c1C(O)c1ccc(F)cc1F. The molecule has 0 saturated carbocycles. The monoisotopic (exact) mass is 346 g/mol. The van der Waals surface area contributed by atoms with Crippen LogP contribution in [0.25, 0.3) is 0 Å². The van der Waals surface area contributed by atoms with Gasteiger partial charge in [0.25, 0.3) is 0 Å². The van der Waals surface area contributed by atoms with Crippen molar-refractivity contribution < 1.29 is 18.6 Å². The fraction of sp³-hybridized carbons (Fsp3) is 0.308. The molecule has 1 aromatic heterocycles. The molecule has 0 amide bonds. The second kappa shape index (κ2) is 6.43. The fourth-order valence-electron chi connectivity index (χ4n) is 1.87. The molecule has 108 valence electrons. The Labute approximate surface area is 123 Å². The van der Waals surface area contributed by atoms with Crippen LogP contribution >= 0.6 is 15.9 Å². The van der Waals surface area contributed by atoms with E-state index in [9.17, 15) is 13.9 Å². The summed E-state index contributed by atoms with van der Waals surface area (Å²) in [6.07, 6.45) is 0.264. The Bertz CT molecular complexity index is 604. The van der Waals surface area contributed by atoms with Gasteiger partial charge in [0.05, 0.1) is 29.5 Å². The molecule has 1 atom stereocenters. The van der Waals surface area contributed by atoms with Crippen LogP contribution in [-0.4, -0.2) is 28.6 Å². The molecule has 20 heavy (non-hydrogen) atoms. The third-order valence-corrected chi connectivity index (χ3v) is 3.47. The van der Waals surface area contributed by atoms with Crippen molar-refractivity contribution in [1.82, 2.24) is 9.78 Å². The van der Waals surface area contributed by atoms with Gasteiger partial charge >= 0.3 is 0 Å². The summed E-state index contributed by atoms with van der Waals surface area (Å²) in [5.74, 6) is -1.49. The van der Waals surface area contributed by atoms with Crippen LogP contribution in [0.4, 0.5) is 8.78 Å². The summed E-state index contributed by atoms with van der Waals surface area (Å²) < 4.78 is 33.7. The summed E-state index contributed by atoms with van der Waals surface area (Å²) in [6.45, 7) is 0.817. The van der Waals surface area contributed by atoms with Crippen molar-refractivity contribution in [2.24, 2.45) is 0 Å². The molecule has 0 spiro atoms. The maximum atomic E-state index is 13.7. The molecule has 1 unspecified atom stereocenters. The van der Waals surface area contributed by atoms with Crippen LogP contribution in [-0.2, 0) is 11.3 Å². The Hall–Kier alpha value is -1.31. The first-order valence-corrected chi connectivity index (χ1v) is 6.67. The molecule has 7 heteroatoms. The standard InChI is InChI=1S/C13H13BrF2N2O2/c1-20-5-4-18-12(10(14)7-17-18)13(19)9-3-2-8(15)6-11(9)16/h2-3,6-7,13,19H,4-5H2,1H3. The van der Waals surface area contributed by atoms with E-state index in [2.05, 4.69) is 21.0 Å². The van der Waals surface area contributed by atoms with Crippen molar-refractivity contribution in [3.8, 4) is 0 Å². The molecule has 1 heterocycles. The number of halogens is 3. The lowest BCUT2D eigenvalue weighted by Crippen LogP contribution is -2.14. The highest BCUT2D eigenvalue weighted by atomic mass is 79.9. The second-order valence-corrected chi connectivity index (χ2v) is 5.02. The third-order valence-electron chi connectivity index (χ3n) is 2.86. The summed E-state index contributed by atoms with van der Waals surface area (Å²) >= 11 is 3.27. The summed E-state index contributed by atoms with van der Waals surface area (Å²) in [5.41, 5.74) is 0.388. The molecular weight excluding hydrogens is 334 g/mol. The van der Waals surface area contributed by atoms with Crippen LogP contribution in [0.2, 0.25) is 0 Å². The molecule has 0 bridgehead atoms. The average molecular weight is 347 g/mol. The maximum Gasteiger partial charge on any atom is 0.132 e. The van der Waals surface area contributed by atoms with Crippen molar-refractivity contribution in [2.75, 3.05) is 13.7 Å². The van der Waals surface area contributed by atoms with Crippen LogP contribution in [0, 0.1) is 11.6 Å². The zero-order chi connectivity index (χ0) is 14.7.